The molecule has 0 saturated carbocycles. The summed E-state index contributed by atoms with van der Waals surface area (Å²) in [4.78, 5) is 0.683. The number of sulfone groups is 1. The average Bonchev–Trinajstić information content (AvgIpc) is 2.89. The molecule has 0 bridgehead atoms. The van der Waals surface area contributed by atoms with E-state index in [1.165, 1.54) is 0 Å². The molecule has 0 amide bonds. The third-order valence-corrected chi connectivity index (χ3v) is 6.15. The van der Waals surface area contributed by atoms with Crippen molar-refractivity contribution in [2.45, 2.75) is 29.6 Å². The first-order chi connectivity index (χ1) is 11.4. The zero-order valence-corrected chi connectivity index (χ0v) is 15.1. The lowest BCUT2D eigenvalue weighted by atomic mass is 10.1. The molecule has 3 rings (SSSR count). The molecule has 0 radical (unpaired) electrons. The molecular formula is C19H21NO3S. The minimum Gasteiger partial charge on any atom is -0.497 e. The fourth-order valence-corrected chi connectivity index (χ4v) is 5.02. The molecule has 0 atom stereocenters. The highest BCUT2D eigenvalue weighted by atomic mass is 32.2. The molecule has 1 aromatic heterocycles. The van der Waals surface area contributed by atoms with E-state index in [1.54, 1.807) is 31.4 Å². The highest BCUT2D eigenvalue weighted by molar-refractivity contribution is 7.91. The maximum absolute atomic E-state index is 13.3. The Bertz CT molecular complexity index is 983. The molecule has 0 aliphatic rings. The number of methoxy groups -OCH3 is 1. The number of nitrogens with zero attached hydrogens (tertiary/aromatic N) is 1. The van der Waals surface area contributed by atoms with Gasteiger partial charge in [0.05, 0.1) is 12.0 Å². The van der Waals surface area contributed by atoms with Crippen LogP contribution in [0.5, 0.6) is 5.75 Å². The first kappa shape index (κ1) is 16.6. The Kier molecular flexibility index (Phi) is 4.13. The molecule has 0 saturated heterocycles. The maximum atomic E-state index is 13.3. The predicted octanol–water partition coefficient (Wildman–Crippen LogP) is 4.14. The number of benzene rings is 2. The van der Waals surface area contributed by atoms with Crippen LogP contribution in [0, 0.1) is 0 Å². The van der Waals surface area contributed by atoms with Gasteiger partial charge in [0.2, 0.25) is 9.84 Å². The summed E-state index contributed by atoms with van der Waals surface area (Å²) in [6.07, 6.45) is 0. The van der Waals surface area contributed by atoms with Crippen LogP contribution in [-0.2, 0) is 16.9 Å². The van der Waals surface area contributed by atoms with Crippen LogP contribution in [0.2, 0.25) is 0 Å². The lowest BCUT2D eigenvalue weighted by molar-refractivity contribution is 0.414. The molecule has 5 heteroatoms. The van der Waals surface area contributed by atoms with E-state index in [9.17, 15) is 8.42 Å². The van der Waals surface area contributed by atoms with Gasteiger partial charge in [-0.1, -0.05) is 32.0 Å². The van der Waals surface area contributed by atoms with E-state index in [4.69, 9.17) is 4.74 Å². The molecule has 126 valence electrons. The second kappa shape index (κ2) is 5.98. The van der Waals surface area contributed by atoms with E-state index < -0.39 is 9.84 Å². The minimum absolute atomic E-state index is 0.0884. The van der Waals surface area contributed by atoms with Gasteiger partial charge in [0, 0.05) is 23.6 Å². The first-order valence-electron chi connectivity index (χ1n) is 7.84. The van der Waals surface area contributed by atoms with Gasteiger partial charge in [-0.25, -0.2) is 8.42 Å². The summed E-state index contributed by atoms with van der Waals surface area (Å²) >= 11 is 0. The number of rotatable bonds is 4. The molecule has 2 aromatic carbocycles. The Morgan fingerprint density at radius 3 is 2.21 bits per heavy atom. The SMILES string of the molecule is COc1ccc(S(=O)(=O)c2c(C(C)C)n(C)c3ccccc23)cc1. The van der Waals surface area contributed by atoms with Crippen LogP contribution in [-0.4, -0.2) is 20.1 Å². The van der Waals surface area contributed by atoms with Crippen LogP contribution in [0.15, 0.2) is 58.3 Å². The maximum Gasteiger partial charge on any atom is 0.209 e. The topological polar surface area (TPSA) is 48.3 Å². The summed E-state index contributed by atoms with van der Waals surface area (Å²) in [5.74, 6) is 0.723. The van der Waals surface area contributed by atoms with Crippen LogP contribution in [0.3, 0.4) is 0 Å². The minimum atomic E-state index is -3.62. The predicted molar refractivity (Wildman–Crippen MR) is 95.5 cm³/mol. The van der Waals surface area contributed by atoms with Gasteiger partial charge in [0.1, 0.15) is 10.6 Å². The molecule has 0 aliphatic carbocycles. The van der Waals surface area contributed by atoms with Gasteiger partial charge in [-0.3, -0.25) is 0 Å². The van der Waals surface area contributed by atoms with Crippen molar-refractivity contribution in [3.63, 3.8) is 0 Å². The van der Waals surface area contributed by atoms with E-state index >= 15 is 0 Å². The van der Waals surface area contributed by atoms with E-state index in [-0.39, 0.29) is 10.8 Å². The summed E-state index contributed by atoms with van der Waals surface area (Å²) in [5.41, 5.74) is 1.75. The van der Waals surface area contributed by atoms with Crippen molar-refractivity contribution >= 4 is 20.7 Å². The molecule has 24 heavy (non-hydrogen) atoms. The number of hydrogen-bond donors (Lipinski definition) is 0. The zero-order valence-electron chi connectivity index (χ0n) is 14.3. The van der Waals surface area contributed by atoms with E-state index in [2.05, 4.69) is 0 Å². The summed E-state index contributed by atoms with van der Waals surface area (Å²) in [6, 6.07) is 14.2. The van der Waals surface area contributed by atoms with Crippen molar-refractivity contribution in [1.82, 2.24) is 4.57 Å². The Morgan fingerprint density at radius 1 is 1.00 bits per heavy atom. The summed E-state index contributed by atoms with van der Waals surface area (Å²) in [6.45, 7) is 4.03. The van der Waals surface area contributed by atoms with Gasteiger partial charge >= 0.3 is 0 Å². The molecule has 0 fully saturated rings. The number of aromatic nitrogens is 1. The quantitative estimate of drug-likeness (QED) is 0.715. The van der Waals surface area contributed by atoms with Gasteiger partial charge in [0.15, 0.2) is 0 Å². The molecule has 0 unspecified atom stereocenters. The monoisotopic (exact) mass is 343 g/mol. The van der Waals surface area contributed by atoms with Gasteiger partial charge in [-0.05, 0) is 36.2 Å². The molecule has 0 aliphatic heterocycles. The molecular weight excluding hydrogens is 322 g/mol. The van der Waals surface area contributed by atoms with Crippen molar-refractivity contribution in [3.8, 4) is 5.75 Å². The van der Waals surface area contributed by atoms with Gasteiger partial charge in [-0.15, -0.1) is 0 Å². The normalized spacial score (nSPS) is 12.0. The Balaban J connectivity index is 2.33. The Morgan fingerprint density at radius 2 is 1.62 bits per heavy atom. The van der Waals surface area contributed by atoms with Crippen molar-refractivity contribution in [2.24, 2.45) is 7.05 Å². The van der Waals surface area contributed by atoms with E-state index in [0.717, 1.165) is 16.6 Å². The average molecular weight is 343 g/mol. The summed E-state index contributed by atoms with van der Waals surface area (Å²) in [7, 11) is -0.140. The van der Waals surface area contributed by atoms with Crippen molar-refractivity contribution < 1.29 is 13.2 Å². The van der Waals surface area contributed by atoms with Crippen molar-refractivity contribution in [2.75, 3.05) is 7.11 Å². The third kappa shape index (κ3) is 2.49. The van der Waals surface area contributed by atoms with Crippen LogP contribution in [0.1, 0.15) is 25.5 Å². The summed E-state index contributed by atoms with van der Waals surface area (Å²) in [5, 5.41) is 0.763. The summed E-state index contributed by atoms with van der Waals surface area (Å²) < 4.78 is 33.8. The van der Waals surface area contributed by atoms with Gasteiger partial charge in [0.25, 0.3) is 0 Å². The number of fused-ring (bicyclic) bond motifs is 1. The van der Waals surface area contributed by atoms with Crippen LogP contribution in [0.4, 0.5) is 0 Å². The fourth-order valence-electron chi connectivity index (χ4n) is 3.18. The number of ether oxygens (including phenoxy) is 1. The molecule has 4 nitrogen and oxygen atoms in total. The molecule has 3 aromatic rings. The standard InChI is InChI=1S/C19H21NO3S/c1-13(2)18-19(16-7-5-6-8-17(16)20(18)3)24(21,22)15-11-9-14(23-4)10-12-15/h5-13H,1-4H3. The first-order valence-corrected chi connectivity index (χ1v) is 9.32. The second-order valence-corrected chi connectivity index (χ2v) is 8.01. The Labute approximate surface area is 142 Å². The van der Waals surface area contributed by atoms with Crippen molar-refractivity contribution in [3.05, 3.63) is 54.2 Å². The van der Waals surface area contributed by atoms with Gasteiger partial charge < -0.3 is 9.30 Å². The van der Waals surface area contributed by atoms with Crippen LogP contribution < -0.4 is 4.74 Å². The lowest BCUT2D eigenvalue weighted by Gasteiger charge is -2.12. The molecule has 0 spiro atoms. The molecule has 1 heterocycles. The second-order valence-electron chi connectivity index (χ2n) is 6.12. The highest BCUT2D eigenvalue weighted by Crippen LogP contribution is 2.37. The number of para-hydroxylation sites is 1. The Hall–Kier alpha value is -2.27. The van der Waals surface area contributed by atoms with Crippen molar-refractivity contribution in [1.29, 1.82) is 0 Å². The smallest absolute Gasteiger partial charge is 0.209 e. The number of aryl methyl sites for hydroxylation is 1. The van der Waals surface area contributed by atoms with E-state index in [1.807, 2.05) is 49.7 Å². The van der Waals surface area contributed by atoms with Gasteiger partial charge in [-0.2, -0.15) is 0 Å². The lowest BCUT2D eigenvalue weighted by Crippen LogP contribution is -2.08. The highest BCUT2D eigenvalue weighted by Gasteiger charge is 2.29. The third-order valence-electron chi connectivity index (χ3n) is 4.29. The van der Waals surface area contributed by atoms with Crippen LogP contribution in [0.25, 0.3) is 10.9 Å². The number of hydrogen-bond acceptors (Lipinski definition) is 3. The van der Waals surface area contributed by atoms with Crippen LogP contribution >= 0.6 is 0 Å². The molecule has 0 N–H and O–H groups in total. The largest absolute Gasteiger partial charge is 0.497 e. The fraction of sp³-hybridized carbons (Fsp3) is 0.263. The zero-order chi connectivity index (χ0) is 17.5. The van der Waals surface area contributed by atoms with E-state index in [0.29, 0.717) is 10.6 Å².